The summed E-state index contributed by atoms with van der Waals surface area (Å²) in [5, 5.41) is 0.171. The molecule has 0 radical (unpaired) electrons. The van der Waals surface area contributed by atoms with E-state index in [9.17, 15) is 9.18 Å². The van der Waals surface area contributed by atoms with E-state index in [1.165, 1.54) is 6.07 Å². The quantitative estimate of drug-likeness (QED) is 0.714. The van der Waals surface area contributed by atoms with E-state index in [0.29, 0.717) is 24.5 Å². The lowest BCUT2D eigenvalue weighted by Crippen LogP contribution is -2.12. The highest BCUT2D eigenvalue weighted by molar-refractivity contribution is 6.30. The van der Waals surface area contributed by atoms with Gasteiger partial charge in [0.05, 0.1) is 5.02 Å². The Kier molecular flexibility index (Phi) is 3.06. The molecule has 2 rings (SSSR count). The Morgan fingerprint density at radius 3 is 2.53 bits per heavy atom. The normalized spacial score (nSPS) is 18.1. The zero-order valence-corrected chi connectivity index (χ0v) is 9.06. The predicted molar refractivity (Wildman–Crippen MR) is 57.6 cm³/mol. The summed E-state index contributed by atoms with van der Waals surface area (Å²) < 4.78 is 12.9. The molecule has 1 aromatic rings. The summed E-state index contributed by atoms with van der Waals surface area (Å²) in [6, 6.07) is 4.84. The first-order valence-electron chi connectivity index (χ1n) is 5.13. The Morgan fingerprint density at radius 2 is 1.93 bits per heavy atom. The number of hydrogen-bond donors (Lipinski definition) is 0. The predicted octanol–water partition coefficient (Wildman–Crippen LogP) is 3.71. The van der Waals surface area contributed by atoms with Crippen molar-refractivity contribution in [3.05, 3.63) is 34.6 Å². The Morgan fingerprint density at radius 1 is 1.27 bits per heavy atom. The van der Waals surface area contributed by atoms with Crippen LogP contribution in [0.2, 0.25) is 5.02 Å². The molecule has 3 heteroatoms. The monoisotopic (exact) mass is 226 g/mol. The maximum Gasteiger partial charge on any atom is 0.141 e. The third-order valence-corrected chi connectivity index (χ3v) is 3.25. The number of benzene rings is 1. The molecule has 0 aromatic heterocycles. The first-order valence-corrected chi connectivity index (χ1v) is 5.51. The van der Waals surface area contributed by atoms with Gasteiger partial charge in [-0.05, 0) is 36.5 Å². The SMILES string of the molecule is O=C1CCC(c2ccc(F)c(Cl)c2)CC1. The molecule has 0 atom stereocenters. The summed E-state index contributed by atoms with van der Waals surface area (Å²) in [5.41, 5.74) is 1.05. The minimum absolute atomic E-state index is 0.171. The Labute approximate surface area is 93.2 Å². The van der Waals surface area contributed by atoms with Crippen LogP contribution in [0.15, 0.2) is 18.2 Å². The summed E-state index contributed by atoms with van der Waals surface area (Å²) in [6.45, 7) is 0. The molecule has 1 aromatic carbocycles. The summed E-state index contributed by atoms with van der Waals surface area (Å²) in [6.07, 6.45) is 3.00. The average Bonchev–Trinajstić information content (AvgIpc) is 2.23. The molecular formula is C12H12ClFO. The lowest BCUT2D eigenvalue weighted by atomic mass is 9.83. The number of Topliss-reactive ketones (excluding diaryl/α,β-unsaturated/α-hetero) is 1. The van der Waals surface area contributed by atoms with E-state index < -0.39 is 0 Å². The first-order chi connectivity index (χ1) is 7.16. The number of carbonyl (C=O) groups is 1. The maximum absolute atomic E-state index is 12.9. The molecule has 1 nitrogen and oxygen atoms in total. The molecule has 80 valence electrons. The van der Waals surface area contributed by atoms with E-state index in [1.54, 1.807) is 12.1 Å². The topological polar surface area (TPSA) is 17.1 Å². The van der Waals surface area contributed by atoms with Gasteiger partial charge in [0.2, 0.25) is 0 Å². The molecule has 0 saturated heterocycles. The van der Waals surface area contributed by atoms with Gasteiger partial charge in [-0.3, -0.25) is 4.79 Å². The van der Waals surface area contributed by atoms with E-state index in [2.05, 4.69) is 0 Å². The van der Waals surface area contributed by atoms with Crippen molar-refractivity contribution in [1.82, 2.24) is 0 Å². The molecule has 1 fully saturated rings. The highest BCUT2D eigenvalue weighted by Gasteiger charge is 2.20. The van der Waals surface area contributed by atoms with Crippen molar-refractivity contribution >= 4 is 17.4 Å². The summed E-state index contributed by atoms with van der Waals surface area (Å²) in [7, 11) is 0. The number of ketones is 1. The summed E-state index contributed by atoms with van der Waals surface area (Å²) in [5.74, 6) is 0.313. The second kappa shape index (κ2) is 4.31. The first kappa shape index (κ1) is 10.6. The molecule has 0 N–H and O–H groups in total. The van der Waals surface area contributed by atoms with Crippen LogP contribution in [0.4, 0.5) is 4.39 Å². The van der Waals surface area contributed by atoms with E-state index in [-0.39, 0.29) is 10.8 Å². The minimum atomic E-state index is -0.382. The van der Waals surface area contributed by atoms with E-state index in [1.807, 2.05) is 0 Å². The van der Waals surface area contributed by atoms with Crippen molar-refractivity contribution in [1.29, 1.82) is 0 Å². The molecule has 0 unspecified atom stereocenters. The van der Waals surface area contributed by atoms with Gasteiger partial charge in [0.1, 0.15) is 11.6 Å². The Bertz CT molecular complexity index is 379. The van der Waals surface area contributed by atoms with Crippen LogP contribution in [-0.2, 0) is 4.79 Å². The van der Waals surface area contributed by atoms with Crippen molar-refractivity contribution in [2.75, 3.05) is 0 Å². The number of carbonyl (C=O) groups excluding carboxylic acids is 1. The van der Waals surface area contributed by atoms with Gasteiger partial charge < -0.3 is 0 Å². The molecule has 0 spiro atoms. The number of halogens is 2. The highest BCUT2D eigenvalue weighted by Crippen LogP contribution is 2.32. The van der Waals surface area contributed by atoms with Gasteiger partial charge in [-0.15, -0.1) is 0 Å². The lowest BCUT2D eigenvalue weighted by Gasteiger charge is -2.21. The lowest BCUT2D eigenvalue weighted by molar-refractivity contribution is -0.120. The molecule has 0 aliphatic heterocycles. The second-order valence-electron chi connectivity index (χ2n) is 3.99. The molecule has 0 heterocycles. The molecule has 1 saturated carbocycles. The van der Waals surface area contributed by atoms with Crippen LogP contribution in [0, 0.1) is 5.82 Å². The third kappa shape index (κ3) is 2.37. The van der Waals surface area contributed by atoms with E-state index >= 15 is 0 Å². The molecule has 0 amide bonds. The fourth-order valence-electron chi connectivity index (χ4n) is 2.04. The summed E-state index contributed by atoms with van der Waals surface area (Å²) >= 11 is 5.72. The third-order valence-electron chi connectivity index (χ3n) is 2.96. The van der Waals surface area contributed by atoms with Crippen LogP contribution in [-0.4, -0.2) is 5.78 Å². The molecule has 1 aliphatic carbocycles. The standard InChI is InChI=1S/C12H12ClFO/c13-11-7-9(3-6-12(11)14)8-1-4-10(15)5-2-8/h3,6-8H,1-2,4-5H2. The molecule has 1 aliphatic rings. The largest absolute Gasteiger partial charge is 0.300 e. The number of rotatable bonds is 1. The van der Waals surface area contributed by atoms with Crippen molar-refractivity contribution in [3.63, 3.8) is 0 Å². The zero-order valence-electron chi connectivity index (χ0n) is 8.30. The van der Waals surface area contributed by atoms with Gasteiger partial charge in [0, 0.05) is 12.8 Å². The average molecular weight is 227 g/mol. The van der Waals surface area contributed by atoms with Gasteiger partial charge in [-0.1, -0.05) is 17.7 Å². The highest BCUT2D eigenvalue weighted by atomic mass is 35.5. The fraction of sp³-hybridized carbons (Fsp3) is 0.417. The van der Waals surface area contributed by atoms with Gasteiger partial charge in [0.15, 0.2) is 0 Å². The smallest absolute Gasteiger partial charge is 0.141 e. The van der Waals surface area contributed by atoms with Crippen LogP contribution in [0.5, 0.6) is 0 Å². The van der Waals surface area contributed by atoms with Crippen molar-refractivity contribution in [2.24, 2.45) is 0 Å². The zero-order chi connectivity index (χ0) is 10.8. The van der Waals surface area contributed by atoms with Crippen molar-refractivity contribution in [3.8, 4) is 0 Å². The van der Waals surface area contributed by atoms with Crippen LogP contribution >= 0.6 is 11.6 Å². The van der Waals surface area contributed by atoms with Crippen LogP contribution in [0.3, 0.4) is 0 Å². The second-order valence-corrected chi connectivity index (χ2v) is 4.39. The van der Waals surface area contributed by atoms with Gasteiger partial charge in [-0.2, -0.15) is 0 Å². The summed E-state index contributed by atoms with van der Waals surface area (Å²) in [4.78, 5) is 11.1. The van der Waals surface area contributed by atoms with Crippen LogP contribution in [0.25, 0.3) is 0 Å². The fourth-order valence-corrected chi connectivity index (χ4v) is 2.23. The van der Waals surface area contributed by atoms with Crippen LogP contribution < -0.4 is 0 Å². The Hall–Kier alpha value is -0.890. The van der Waals surface area contributed by atoms with Gasteiger partial charge in [0.25, 0.3) is 0 Å². The Balaban J connectivity index is 2.16. The van der Waals surface area contributed by atoms with E-state index in [4.69, 9.17) is 11.6 Å². The minimum Gasteiger partial charge on any atom is -0.300 e. The van der Waals surface area contributed by atoms with E-state index in [0.717, 1.165) is 18.4 Å². The number of hydrogen-bond acceptors (Lipinski definition) is 1. The molecule has 15 heavy (non-hydrogen) atoms. The van der Waals surface area contributed by atoms with Gasteiger partial charge in [-0.25, -0.2) is 4.39 Å². The van der Waals surface area contributed by atoms with Gasteiger partial charge >= 0.3 is 0 Å². The molecular weight excluding hydrogens is 215 g/mol. The maximum atomic E-state index is 12.9. The van der Waals surface area contributed by atoms with Crippen LogP contribution in [0.1, 0.15) is 37.2 Å². The van der Waals surface area contributed by atoms with Crippen molar-refractivity contribution < 1.29 is 9.18 Å². The molecule has 0 bridgehead atoms. The van der Waals surface area contributed by atoms with Crippen molar-refractivity contribution in [2.45, 2.75) is 31.6 Å².